The zero-order chi connectivity index (χ0) is 13.3. The third-order valence-electron chi connectivity index (χ3n) is 2.64. The summed E-state index contributed by atoms with van der Waals surface area (Å²) in [5, 5.41) is 20.5. The van der Waals surface area contributed by atoms with Crippen LogP contribution in [0.3, 0.4) is 0 Å². The average Bonchev–Trinajstić information content (AvgIpc) is 2.67. The van der Waals surface area contributed by atoms with Gasteiger partial charge in [-0.05, 0) is 40.9 Å². The van der Waals surface area contributed by atoms with Crippen LogP contribution in [0.15, 0.2) is 28.1 Å². The molecular weight excluding hydrogens is 320 g/mol. The molecule has 0 bridgehead atoms. The van der Waals surface area contributed by atoms with Crippen LogP contribution < -0.4 is 0 Å². The Morgan fingerprint density at radius 2 is 1.94 bits per heavy atom. The van der Waals surface area contributed by atoms with Gasteiger partial charge < -0.3 is 10.2 Å². The number of carboxylic acids is 2. The molecule has 0 radical (unpaired) electrons. The molecule has 0 fully saturated rings. The highest BCUT2D eigenvalue weighted by atomic mass is 79.9. The van der Waals surface area contributed by atoms with E-state index in [1.165, 1.54) is 11.3 Å². The van der Waals surface area contributed by atoms with Crippen LogP contribution in [-0.4, -0.2) is 22.2 Å². The molecule has 18 heavy (non-hydrogen) atoms. The van der Waals surface area contributed by atoms with Crippen molar-refractivity contribution in [2.75, 3.05) is 0 Å². The summed E-state index contributed by atoms with van der Waals surface area (Å²) < 4.78 is 1.90. The summed E-state index contributed by atoms with van der Waals surface area (Å²) in [7, 11) is 0. The number of rotatable bonds is 4. The largest absolute Gasteiger partial charge is 0.481 e. The third-order valence-corrected chi connectivity index (χ3v) is 4.14. The molecular formula is C12H9BrO4S. The van der Waals surface area contributed by atoms with E-state index in [9.17, 15) is 9.59 Å². The standard InChI is InChI=1S/C12H9BrO4S/c13-7-1-2-10-8(4-7)6(5-18-10)3-9(11(14)15)12(16)17/h1-2,4-5,9H,3H2,(H,14,15)(H,16,17). The fourth-order valence-corrected chi connectivity index (χ4v) is 3.03. The van der Waals surface area contributed by atoms with Gasteiger partial charge in [0, 0.05) is 9.17 Å². The second-order valence-electron chi connectivity index (χ2n) is 3.83. The minimum absolute atomic E-state index is 0.00111. The van der Waals surface area contributed by atoms with Gasteiger partial charge in [-0.3, -0.25) is 9.59 Å². The van der Waals surface area contributed by atoms with E-state index in [-0.39, 0.29) is 6.42 Å². The van der Waals surface area contributed by atoms with Crippen LogP contribution in [0.2, 0.25) is 0 Å². The lowest BCUT2D eigenvalue weighted by atomic mass is 9.99. The zero-order valence-corrected chi connectivity index (χ0v) is 11.5. The van der Waals surface area contributed by atoms with Crippen molar-refractivity contribution in [3.63, 3.8) is 0 Å². The lowest BCUT2D eigenvalue weighted by molar-refractivity contribution is -0.154. The molecule has 2 aromatic rings. The van der Waals surface area contributed by atoms with E-state index >= 15 is 0 Å². The van der Waals surface area contributed by atoms with Crippen LogP contribution in [0.5, 0.6) is 0 Å². The molecule has 6 heteroatoms. The van der Waals surface area contributed by atoms with Gasteiger partial charge in [-0.25, -0.2) is 0 Å². The molecule has 0 atom stereocenters. The summed E-state index contributed by atoms with van der Waals surface area (Å²) in [6, 6.07) is 5.69. The fourth-order valence-electron chi connectivity index (χ4n) is 1.71. The molecule has 1 aromatic carbocycles. The van der Waals surface area contributed by atoms with E-state index in [0.717, 1.165) is 20.1 Å². The highest BCUT2D eigenvalue weighted by molar-refractivity contribution is 9.10. The predicted molar refractivity (Wildman–Crippen MR) is 72.0 cm³/mol. The highest BCUT2D eigenvalue weighted by Crippen LogP contribution is 2.30. The van der Waals surface area contributed by atoms with Crippen molar-refractivity contribution in [3.05, 3.63) is 33.6 Å². The van der Waals surface area contributed by atoms with E-state index in [4.69, 9.17) is 10.2 Å². The van der Waals surface area contributed by atoms with E-state index in [0.29, 0.717) is 0 Å². The maximum absolute atomic E-state index is 10.9. The highest BCUT2D eigenvalue weighted by Gasteiger charge is 2.26. The maximum atomic E-state index is 10.9. The molecule has 0 amide bonds. The number of hydrogen-bond donors (Lipinski definition) is 2. The Morgan fingerprint density at radius 1 is 1.28 bits per heavy atom. The van der Waals surface area contributed by atoms with E-state index < -0.39 is 17.9 Å². The molecule has 1 heterocycles. The smallest absolute Gasteiger partial charge is 0.318 e. The van der Waals surface area contributed by atoms with Gasteiger partial charge in [0.25, 0.3) is 0 Å². The minimum atomic E-state index is -1.40. The number of carbonyl (C=O) groups is 2. The Kier molecular flexibility index (Phi) is 3.68. The average molecular weight is 329 g/mol. The lowest BCUT2D eigenvalue weighted by Crippen LogP contribution is -2.25. The molecule has 0 aliphatic heterocycles. The molecule has 0 aliphatic carbocycles. The van der Waals surface area contributed by atoms with Gasteiger partial charge in [0.05, 0.1) is 0 Å². The first-order valence-corrected chi connectivity index (χ1v) is 6.77. The molecule has 1 aromatic heterocycles. The first-order valence-electron chi connectivity index (χ1n) is 5.10. The summed E-state index contributed by atoms with van der Waals surface area (Å²) in [5.74, 6) is -4.02. The molecule has 94 valence electrons. The van der Waals surface area contributed by atoms with Crippen molar-refractivity contribution in [2.24, 2.45) is 5.92 Å². The predicted octanol–water partition coefficient (Wildman–Crippen LogP) is 2.99. The van der Waals surface area contributed by atoms with Crippen molar-refractivity contribution in [1.29, 1.82) is 0 Å². The SMILES string of the molecule is O=C(O)C(Cc1csc2ccc(Br)cc12)C(=O)O. The van der Waals surface area contributed by atoms with Crippen molar-refractivity contribution in [2.45, 2.75) is 6.42 Å². The fraction of sp³-hybridized carbons (Fsp3) is 0.167. The summed E-state index contributed by atoms with van der Waals surface area (Å²) in [4.78, 5) is 21.8. The number of carboxylic acid groups (broad SMARTS) is 2. The quantitative estimate of drug-likeness (QED) is 0.846. The van der Waals surface area contributed by atoms with Crippen molar-refractivity contribution in [3.8, 4) is 0 Å². The first kappa shape index (κ1) is 13.0. The molecule has 0 saturated carbocycles. The van der Waals surface area contributed by atoms with Gasteiger partial charge >= 0.3 is 11.9 Å². The third kappa shape index (κ3) is 2.54. The molecule has 0 aliphatic rings. The van der Waals surface area contributed by atoms with Gasteiger partial charge in [0.15, 0.2) is 5.92 Å². The second-order valence-corrected chi connectivity index (χ2v) is 5.66. The number of thiophene rings is 1. The Balaban J connectivity index is 2.39. The van der Waals surface area contributed by atoms with Crippen LogP contribution in [0, 0.1) is 5.92 Å². The number of hydrogen-bond acceptors (Lipinski definition) is 3. The van der Waals surface area contributed by atoms with Crippen LogP contribution >= 0.6 is 27.3 Å². The van der Waals surface area contributed by atoms with E-state index in [1.54, 1.807) is 0 Å². The monoisotopic (exact) mass is 328 g/mol. The Morgan fingerprint density at radius 3 is 2.56 bits per heavy atom. The van der Waals surface area contributed by atoms with Gasteiger partial charge in [-0.1, -0.05) is 15.9 Å². The van der Waals surface area contributed by atoms with Crippen molar-refractivity contribution < 1.29 is 19.8 Å². The number of benzene rings is 1. The van der Waals surface area contributed by atoms with E-state index in [1.807, 2.05) is 23.6 Å². The molecule has 2 rings (SSSR count). The maximum Gasteiger partial charge on any atom is 0.318 e. The van der Waals surface area contributed by atoms with Crippen LogP contribution in [0.4, 0.5) is 0 Å². The van der Waals surface area contributed by atoms with Crippen molar-refractivity contribution in [1.82, 2.24) is 0 Å². The summed E-state index contributed by atoms with van der Waals surface area (Å²) in [5.41, 5.74) is 0.756. The van der Waals surface area contributed by atoms with Gasteiger partial charge in [0.2, 0.25) is 0 Å². The molecule has 4 nitrogen and oxygen atoms in total. The van der Waals surface area contributed by atoms with Crippen LogP contribution in [0.25, 0.3) is 10.1 Å². The number of fused-ring (bicyclic) bond motifs is 1. The number of aliphatic carboxylic acids is 2. The molecule has 0 saturated heterocycles. The Labute approximate surface area is 115 Å². The van der Waals surface area contributed by atoms with Gasteiger partial charge in [-0.2, -0.15) is 0 Å². The van der Waals surface area contributed by atoms with Crippen LogP contribution in [-0.2, 0) is 16.0 Å². The molecule has 2 N–H and O–H groups in total. The number of halogens is 1. The first-order chi connectivity index (χ1) is 8.49. The summed E-state index contributed by atoms with van der Waals surface area (Å²) in [6.45, 7) is 0. The van der Waals surface area contributed by atoms with Crippen LogP contribution in [0.1, 0.15) is 5.56 Å². The zero-order valence-electron chi connectivity index (χ0n) is 9.09. The van der Waals surface area contributed by atoms with Gasteiger partial charge in [-0.15, -0.1) is 11.3 Å². The Hall–Kier alpha value is -1.40. The summed E-state index contributed by atoms with van der Waals surface area (Å²) >= 11 is 4.83. The Bertz CT molecular complexity index is 606. The molecule has 0 spiro atoms. The van der Waals surface area contributed by atoms with Crippen molar-refractivity contribution >= 4 is 49.3 Å². The normalized spacial score (nSPS) is 11.0. The molecule has 0 unspecified atom stereocenters. The van der Waals surface area contributed by atoms with E-state index in [2.05, 4.69) is 15.9 Å². The summed E-state index contributed by atoms with van der Waals surface area (Å²) in [6.07, 6.45) is 0.00111. The van der Waals surface area contributed by atoms with Gasteiger partial charge in [0.1, 0.15) is 0 Å². The second kappa shape index (κ2) is 5.07. The topological polar surface area (TPSA) is 74.6 Å². The minimum Gasteiger partial charge on any atom is -0.481 e. The lowest BCUT2D eigenvalue weighted by Gasteiger charge is -2.06.